The van der Waals surface area contributed by atoms with Crippen molar-refractivity contribution in [2.45, 2.75) is 45.2 Å². The Morgan fingerprint density at radius 1 is 1.21 bits per heavy atom. The van der Waals surface area contributed by atoms with Gasteiger partial charge in [-0.25, -0.2) is 0 Å². The minimum atomic E-state index is -0.634. The second-order valence-electron chi connectivity index (χ2n) is 7.30. The molecular weight excluding hydrogens is 394 g/mol. The minimum absolute atomic E-state index is 0.0142. The molecule has 29 heavy (non-hydrogen) atoms. The normalized spacial score (nSPS) is 16.6. The Balaban J connectivity index is 1.77. The van der Waals surface area contributed by atoms with Gasteiger partial charge < -0.3 is 20.0 Å². The Hall–Kier alpha value is -2.80. The van der Waals surface area contributed by atoms with Crippen LogP contribution in [0.4, 0.5) is 5.69 Å². The molecule has 0 aliphatic carbocycles. The molecule has 3 amide bonds. The number of furan rings is 1. The topological polar surface area (TPSA) is 91.7 Å². The number of nitrogens with one attached hydrogen (secondary N) is 2. The molecule has 1 unspecified atom stereocenters. The van der Waals surface area contributed by atoms with Gasteiger partial charge in [-0.05, 0) is 63.4 Å². The Bertz CT molecular complexity index is 895. The highest BCUT2D eigenvalue weighted by Gasteiger charge is 2.34. The SMILES string of the molecule is CC(C)NC(=O)c1ccc(Cl)c(NC(=O)C2CCCCN2C(=O)c2ccco2)c1. The second kappa shape index (κ2) is 9.13. The summed E-state index contributed by atoms with van der Waals surface area (Å²) in [6.07, 6.45) is 3.63. The van der Waals surface area contributed by atoms with E-state index in [1.807, 2.05) is 13.8 Å². The molecule has 0 spiro atoms. The molecule has 2 heterocycles. The van der Waals surface area contributed by atoms with Gasteiger partial charge in [-0.2, -0.15) is 0 Å². The van der Waals surface area contributed by atoms with Crippen molar-refractivity contribution in [1.29, 1.82) is 0 Å². The lowest BCUT2D eigenvalue weighted by Gasteiger charge is -2.34. The van der Waals surface area contributed by atoms with E-state index in [4.69, 9.17) is 16.0 Å². The summed E-state index contributed by atoms with van der Waals surface area (Å²) in [5.74, 6) is -0.700. The highest BCUT2D eigenvalue weighted by Crippen LogP contribution is 2.26. The first-order chi connectivity index (χ1) is 13.9. The van der Waals surface area contributed by atoms with Crippen molar-refractivity contribution < 1.29 is 18.8 Å². The van der Waals surface area contributed by atoms with Gasteiger partial charge in [0.25, 0.3) is 11.8 Å². The third kappa shape index (κ3) is 4.98. The number of carbonyl (C=O) groups excluding carboxylic acids is 3. The van der Waals surface area contributed by atoms with Crippen LogP contribution in [0.25, 0.3) is 0 Å². The molecular formula is C21H24ClN3O4. The molecule has 2 aromatic rings. The number of benzene rings is 1. The van der Waals surface area contributed by atoms with Crippen molar-refractivity contribution in [2.24, 2.45) is 0 Å². The predicted octanol–water partition coefficient (Wildman–Crippen LogP) is 3.70. The molecule has 1 aliphatic heterocycles. The maximum atomic E-state index is 13.0. The third-order valence-electron chi connectivity index (χ3n) is 4.70. The number of anilines is 1. The van der Waals surface area contributed by atoms with E-state index in [0.29, 0.717) is 29.2 Å². The van der Waals surface area contributed by atoms with E-state index in [2.05, 4.69) is 10.6 Å². The number of carbonyl (C=O) groups is 3. The van der Waals surface area contributed by atoms with Crippen LogP contribution in [0.15, 0.2) is 41.0 Å². The maximum Gasteiger partial charge on any atom is 0.290 e. The minimum Gasteiger partial charge on any atom is -0.459 e. The van der Waals surface area contributed by atoms with Crippen molar-refractivity contribution in [1.82, 2.24) is 10.2 Å². The Morgan fingerprint density at radius 3 is 2.69 bits per heavy atom. The standard InChI is InChI=1S/C21H24ClN3O4/c1-13(2)23-19(26)14-8-9-15(22)16(12-14)24-20(27)17-6-3-4-10-25(17)21(28)18-7-5-11-29-18/h5,7-9,11-13,17H,3-4,6,10H2,1-2H3,(H,23,26)(H,24,27). The number of rotatable bonds is 5. The van der Waals surface area contributed by atoms with Gasteiger partial charge in [-0.3, -0.25) is 14.4 Å². The average molecular weight is 418 g/mol. The molecule has 0 radical (unpaired) electrons. The van der Waals surface area contributed by atoms with Crippen LogP contribution in [0.5, 0.6) is 0 Å². The van der Waals surface area contributed by atoms with Crippen molar-refractivity contribution in [2.75, 3.05) is 11.9 Å². The number of likely N-dealkylation sites (tertiary alicyclic amines) is 1. The van der Waals surface area contributed by atoms with E-state index in [-0.39, 0.29) is 29.5 Å². The molecule has 1 aliphatic rings. The molecule has 1 fully saturated rings. The first-order valence-corrected chi connectivity index (χ1v) is 10.0. The average Bonchev–Trinajstić information content (AvgIpc) is 3.23. The summed E-state index contributed by atoms with van der Waals surface area (Å²) in [6, 6.07) is 7.28. The molecule has 7 nitrogen and oxygen atoms in total. The Kier molecular flexibility index (Phi) is 6.59. The molecule has 8 heteroatoms. The summed E-state index contributed by atoms with van der Waals surface area (Å²) in [6.45, 7) is 4.20. The Labute approximate surface area is 174 Å². The summed E-state index contributed by atoms with van der Waals surface area (Å²) in [5.41, 5.74) is 0.731. The zero-order valence-electron chi connectivity index (χ0n) is 16.4. The fourth-order valence-corrected chi connectivity index (χ4v) is 3.48. The number of amides is 3. The van der Waals surface area contributed by atoms with Gasteiger partial charge in [0.05, 0.1) is 17.0 Å². The molecule has 1 saturated heterocycles. The van der Waals surface area contributed by atoms with Gasteiger partial charge in [0.15, 0.2) is 5.76 Å². The number of piperidine rings is 1. The summed E-state index contributed by atoms with van der Waals surface area (Å²) >= 11 is 6.23. The van der Waals surface area contributed by atoms with Crippen molar-refractivity contribution in [3.8, 4) is 0 Å². The first kappa shape index (κ1) is 20.9. The summed E-state index contributed by atoms with van der Waals surface area (Å²) in [7, 11) is 0. The molecule has 3 rings (SSSR count). The van der Waals surface area contributed by atoms with Crippen molar-refractivity contribution in [3.05, 3.63) is 52.9 Å². The quantitative estimate of drug-likeness (QED) is 0.775. The van der Waals surface area contributed by atoms with Crippen LogP contribution in [0.2, 0.25) is 5.02 Å². The van der Waals surface area contributed by atoms with Gasteiger partial charge in [0, 0.05) is 18.2 Å². The summed E-state index contributed by atoms with van der Waals surface area (Å²) in [4.78, 5) is 39.5. The Morgan fingerprint density at radius 2 is 2.00 bits per heavy atom. The van der Waals surface area contributed by atoms with Crippen molar-refractivity contribution in [3.63, 3.8) is 0 Å². The number of halogens is 1. The zero-order chi connectivity index (χ0) is 21.0. The largest absolute Gasteiger partial charge is 0.459 e. The molecule has 0 bridgehead atoms. The molecule has 1 aromatic carbocycles. The first-order valence-electron chi connectivity index (χ1n) is 9.62. The lowest BCUT2D eigenvalue weighted by Crippen LogP contribution is -2.50. The van der Waals surface area contributed by atoms with Crippen LogP contribution >= 0.6 is 11.6 Å². The van der Waals surface area contributed by atoms with E-state index in [9.17, 15) is 14.4 Å². The predicted molar refractivity (Wildman–Crippen MR) is 110 cm³/mol. The van der Waals surface area contributed by atoms with E-state index in [1.54, 1.807) is 30.3 Å². The number of hydrogen-bond donors (Lipinski definition) is 2. The van der Waals surface area contributed by atoms with Crippen molar-refractivity contribution >= 4 is 35.0 Å². The maximum absolute atomic E-state index is 13.0. The van der Waals surface area contributed by atoms with Gasteiger partial charge in [0.1, 0.15) is 6.04 Å². The van der Waals surface area contributed by atoms with Gasteiger partial charge >= 0.3 is 0 Å². The lowest BCUT2D eigenvalue weighted by molar-refractivity contribution is -0.121. The van der Waals surface area contributed by atoms with Crippen LogP contribution in [0.3, 0.4) is 0 Å². The summed E-state index contributed by atoms with van der Waals surface area (Å²) < 4.78 is 5.20. The van der Waals surface area contributed by atoms with Gasteiger partial charge in [-0.1, -0.05) is 11.6 Å². The molecule has 1 aromatic heterocycles. The lowest BCUT2D eigenvalue weighted by atomic mass is 10.0. The van der Waals surface area contributed by atoms with E-state index >= 15 is 0 Å². The van der Waals surface area contributed by atoms with Crippen LogP contribution < -0.4 is 10.6 Å². The second-order valence-corrected chi connectivity index (χ2v) is 7.71. The van der Waals surface area contributed by atoms with Crippen LogP contribution in [-0.2, 0) is 4.79 Å². The van der Waals surface area contributed by atoms with Crippen LogP contribution in [-0.4, -0.2) is 41.2 Å². The van der Waals surface area contributed by atoms with Gasteiger partial charge in [-0.15, -0.1) is 0 Å². The molecule has 1 atom stereocenters. The van der Waals surface area contributed by atoms with Gasteiger partial charge in [0.2, 0.25) is 5.91 Å². The monoisotopic (exact) mass is 417 g/mol. The zero-order valence-corrected chi connectivity index (χ0v) is 17.2. The van der Waals surface area contributed by atoms with Crippen LogP contribution in [0, 0.1) is 0 Å². The number of nitrogens with zero attached hydrogens (tertiary/aromatic N) is 1. The fourth-order valence-electron chi connectivity index (χ4n) is 3.31. The van der Waals surface area contributed by atoms with E-state index in [0.717, 1.165) is 12.8 Å². The highest BCUT2D eigenvalue weighted by atomic mass is 35.5. The fraction of sp³-hybridized carbons (Fsp3) is 0.381. The molecule has 0 saturated carbocycles. The molecule has 154 valence electrons. The molecule has 2 N–H and O–H groups in total. The van der Waals surface area contributed by atoms with E-state index < -0.39 is 6.04 Å². The highest BCUT2D eigenvalue weighted by molar-refractivity contribution is 6.34. The van der Waals surface area contributed by atoms with E-state index in [1.165, 1.54) is 11.2 Å². The number of hydrogen-bond acceptors (Lipinski definition) is 4. The summed E-state index contributed by atoms with van der Waals surface area (Å²) in [5, 5.41) is 5.90. The van der Waals surface area contributed by atoms with Crippen LogP contribution in [0.1, 0.15) is 54.0 Å². The smallest absolute Gasteiger partial charge is 0.290 e. The third-order valence-corrected chi connectivity index (χ3v) is 5.03.